The van der Waals surface area contributed by atoms with Gasteiger partial charge in [-0.2, -0.15) is 4.98 Å². The summed E-state index contributed by atoms with van der Waals surface area (Å²) < 4.78 is 33.9. The lowest BCUT2D eigenvalue weighted by atomic mass is 10.2. The van der Waals surface area contributed by atoms with Crippen molar-refractivity contribution in [2.45, 2.75) is 6.54 Å². The number of nitrogens with one attached hydrogen (secondary N) is 1. The van der Waals surface area contributed by atoms with Crippen molar-refractivity contribution in [1.82, 2.24) is 4.98 Å². The highest BCUT2D eigenvalue weighted by Crippen LogP contribution is 2.47. The molecule has 0 atom stereocenters. The average Bonchev–Trinajstić information content (AvgIpc) is 3.30. The molecule has 0 unspecified atom stereocenters. The van der Waals surface area contributed by atoms with Crippen LogP contribution in [0.25, 0.3) is 11.5 Å². The number of anilines is 1. The van der Waals surface area contributed by atoms with E-state index in [1.807, 2.05) is 0 Å². The Morgan fingerprint density at radius 1 is 1.20 bits per heavy atom. The molecule has 2 aromatic heterocycles. The molecule has 2 heterocycles. The van der Waals surface area contributed by atoms with Crippen molar-refractivity contribution < 1.29 is 22.4 Å². The number of hydrogen-bond donors (Lipinski definition) is 1. The number of oxazole rings is 1. The Morgan fingerprint density at radius 3 is 2.52 bits per heavy atom. The van der Waals surface area contributed by atoms with Crippen LogP contribution in [-0.2, 0) is 20.2 Å². The second-order valence-electron chi connectivity index (χ2n) is 4.97. The maximum absolute atomic E-state index is 12.8. The summed E-state index contributed by atoms with van der Waals surface area (Å²) in [6.07, 6.45) is 1.56. The van der Waals surface area contributed by atoms with Crippen molar-refractivity contribution in [2.24, 2.45) is 0 Å². The van der Waals surface area contributed by atoms with E-state index in [1.54, 1.807) is 42.7 Å². The Hall–Kier alpha value is -2.05. The van der Waals surface area contributed by atoms with Crippen molar-refractivity contribution in [3.63, 3.8) is 0 Å². The molecule has 0 saturated carbocycles. The van der Waals surface area contributed by atoms with Gasteiger partial charge < -0.3 is 23.2 Å². The van der Waals surface area contributed by atoms with E-state index in [1.165, 1.54) is 14.2 Å². The van der Waals surface area contributed by atoms with Crippen LogP contribution in [-0.4, -0.2) is 19.2 Å². The molecule has 0 spiro atoms. The van der Waals surface area contributed by atoms with Crippen LogP contribution in [0.15, 0.2) is 51.5 Å². The first-order valence-electron chi connectivity index (χ1n) is 7.31. The van der Waals surface area contributed by atoms with Crippen LogP contribution in [0.5, 0.6) is 0 Å². The molecule has 0 saturated heterocycles. The van der Waals surface area contributed by atoms with Gasteiger partial charge in [0.15, 0.2) is 0 Å². The van der Waals surface area contributed by atoms with Crippen LogP contribution in [0.1, 0.15) is 5.76 Å². The molecular formula is C16H16ClN2O5P. The zero-order valence-corrected chi connectivity index (χ0v) is 15.2. The predicted molar refractivity (Wildman–Crippen MR) is 94.2 cm³/mol. The van der Waals surface area contributed by atoms with E-state index in [4.69, 9.17) is 29.5 Å². The van der Waals surface area contributed by atoms with Gasteiger partial charge in [-0.15, -0.1) is 0 Å². The number of nitrogens with zero attached hydrogens (tertiary/aromatic N) is 1. The van der Waals surface area contributed by atoms with E-state index < -0.39 is 7.60 Å². The fraction of sp³-hybridized carbons (Fsp3) is 0.188. The van der Waals surface area contributed by atoms with Crippen molar-refractivity contribution >= 4 is 30.5 Å². The Bertz CT molecular complexity index is 869. The van der Waals surface area contributed by atoms with Crippen molar-refractivity contribution in [3.8, 4) is 11.5 Å². The van der Waals surface area contributed by atoms with E-state index in [-0.39, 0.29) is 17.2 Å². The van der Waals surface area contributed by atoms with Crippen molar-refractivity contribution in [3.05, 3.63) is 53.4 Å². The maximum atomic E-state index is 12.8. The molecular weight excluding hydrogens is 367 g/mol. The fourth-order valence-corrected chi connectivity index (χ4v) is 3.36. The minimum absolute atomic E-state index is 0.0639. The largest absolute Gasteiger partial charge is 0.467 e. The number of rotatable bonds is 7. The third-order valence-corrected chi connectivity index (χ3v) is 5.48. The van der Waals surface area contributed by atoms with Gasteiger partial charge in [0.1, 0.15) is 5.76 Å². The van der Waals surface area contributed by atoms with E-state index >= 15 is 0 Å². The fourth-order valence-electron chi connectivity index (χ4n) is 2.16. The Kier molecular flexibility index (Phi) is 5.30. The monoisotopic (exact) mass is 382 g/mol. The Morgan fingerprint density at radius 2 is 1.92 bits per heavy atom. The van der Waals surface area contributed by atoms with Crippen molar-refractivity contribution in [1.29, 1.82) is 0 Å². The van der Waals surface area contributed by atoms with Gasteiger partial charge in [0.25, 0.3) is 0 Å². The number of halogens is 1. The summed E-state index contributed by atoms with van der Waals surface area (Å²) in [6.45, 7) is 0.322. The molecule has 132 valence electrons. The second kappa shape index (κ2) is 7.45. The van der Waals surface area contributed by atoms with Gasteiger partial charge >= 0.3 is 7.60 Å². The summed E-state index contributed by atoms with van der Waals surface area (Å²) in [4.78, 5) is 4.31. The molecule has 0 aliphatic rings. The van der Waals surface area contributed by atoms with Gasteiger partial charge in [0.05, 0.1) is 12.8 Å². The minimum atomic E-state index is -3.61. The molecule has 0 aliphatic carbocycles. The zero-order chi connectivity index (χ0) is 17.9. The molecule has 25 heavy (non-hydrogen) atoms. The second-order valence-corrected chi connectivity index (χ2v) is 7.56. The number of hydrogen-bond acceptors (Lipinski definition) is 7. The van der Waals surface area contributed by atoms with Gasteiger partial charge in [-0.25, -0.2) is 0 Å². The lowest BCUT2D eigenvalue weighted by Gasteiger charge is -2.11. The van der Waals surface area contributed by atoms with Crippen LogP contribution < -0.4 is 10.8 Å². The number of aromatic nitrogens is 1. The molecule has 1 aromatic carbocycles. The topological polar surface area (TPSA) is 86.7 Å². The first-order valence-corrected chi connectivity index (χ1v) is 9.23. The molecule has 3 rings (SSSR count). The van der Waals surface area contributed by atoms with E-state index in [9.17, 15) is 4.57 Å². The van der Waals surface area contributed by atoms with Crippen LogP contribution in [0.3, 0.4) is 0 Å². The summed E-state index contributed by atoms with van der Waals surface area (Å²) in [6, 6.07) is 10.5. The third-order valence-electron chi connectivity index (χ3n) is 3.44. The first-order chi connectivity index (χ1) is 12.1. The van der Waals surface area contributed by atoms with Crippen LogP contribution in [0, 0.1) is 0 Å². The lowest BCUT2D eigenvalue weighted by molar-refractivity contribution is 0.286. The van der Waals surface area contributed by atoms with E-state index in [0.29, 0.717) is 22.9 Å². The summed E-state index contributed by atoms with van der Waals surface area (Å²) in [7, 11) is -1.03. The predicted octanol–water partition coefficient (Wildman–Crippen LogP) is 4.31. The smallest absolute Gasteiger partial charge is 0.384 e. The molecule has 0 fully saturated rings. The molecule has 3 aromatic rings. The normalized spacial score (nSPS) is 11.6. The van der Waals surface area contributed by atoms with Gasteiger partial charge in [-0.1, -0.05) is 11.6 Å². The van der Waals surface area contributed by atoms with E-state index in [0.717, 1.165) is 0 Å². The Labute approximate surface area is 149 Å². The SMILES string of the molecule is COP(=O)(OC)c1nc(-c2ccc(Cl)cc2)oc1NCc1ccco1. The first kappa shape index (κ1) is 17.8. The maximum Gasteiger partial charge on any atom is 0.384 e. The summed E-state index contributed by atoms with van der Waals surface area (Å²) in [5.41, 5.74) is 0.740. The average molecular weight is 383 g/mol. The van der Waals surface area contributed by atoms with Crippen LogP contribution in [0.2, 0.25) is 5.02 Å². The summed E-state index contributed by atoms with van der Waals surface area (Å²) in [5, 5.41) is 3.60. The highest BCUT2D eigenvalue weighted by molar-refractivity contribution is 7.62. The molecule has 9 heteroatoms. The standard InChI is InChI=1S/C16H16ClN2O5P/c1-21-25(20,22-2)16-15(18-10-13-4-3-9-23-13)24-14(19-16)11-5-7-12(17)8-6-11/h3-9,18H,10H2,1-2H3. The van der Waals surface area contributed by atoms with Gasteiger partial charge in [-0.3, -0.25) is 4.57 Å². The van der Waals surface area contributed by atoms with Gasteiger partial charge in [-0.05, 0) is 36.4 Å². The Balaban J connectivity index is 1.98. The summed E-state index contributed by atoms with van der Waals surface area (Å²) >= 11 is 5.90. The third kappa shape index (κ3) is 3.80. The molecule has 0 bridgehead atoms. The zero-order valence-electron chi connectivity index (χ0n) is 13.6. The van der Waals surface area contributed by atoms with Gasteiger partial charge in [0, 0.05) is 24.8 Å². The minimum Gasteiger partial charge on any atom is -0.467 e. The molecule has 0 amide bonds. The van der Waals surface area contributed by atoms with Crippen LogP contribution >= 0.6 is 19.2 Å². The quantitative estimate of drug-likeness (QED) is 0.609. The van der Waals surface area contributed by atoms with Crippen molar-refractivity contribution in [2.75, 3.05) is 19.5 Å². The summed E-state index contributed by atoms with van der Waals surface area (Å²) in [5.74, 6) is 1.14. The molecule has 1 N–H and O–H groups in total. The highest BCUT2D eigenvalue weighted by atomic mass is 35.5. The van der Waals surface area contributed by atoms with Crippen LogP contribution in [0.4, 0.5) is 5.88 Å². The highest BCUT2D eigenvalue weighted by Gasteiger charge is 2.34. The number of benzene rings is 1. The lowest BCUT2D eigenvalue weighted by Crippen LogP contribution is -2.14. The number of furan rings is 1. The van der Waals surface area contributed by atoms with E-state index in [2.05, 4.69) is 10.3 Å². The molecule has 0 radical (unpaired) electrons. The van der Waals surface area contributed by atoms with Gasteiger partial charge in [0.2, 0.25) is 17.2 Å². The molecule has 0 aliphatic heterocycles. The molecule has 7 nitrogen and oxygen atoms in total.